The van der Waals surface area contributed by atoms with Crippen molar-refractivity contribution >= 4 is 50.2 Å². The number of rotatable bonds is 4. The zero-order chi connectivity index (χ0) is 19.5. The molecule has 0 bridgehead atoms. The Morgan fingerprint density at radius 1 is 1.00 bits per heavy atom. The van der Waals surface area contributed by atoms with Gasteiger partial charge in [0.25, 0.3) is 5.91 Å². The average Bonchev–Trinajstić information content (AvgIpc) is 2.74. The van der Waals surface area contributed by atoms with Gasteiger partial charge in [0.1, 0.15) is 0 Å². The molecular weight excluding hydrogens is 434 g/mol. The third kappa shape index (κ3) is 3.79. The summed E-state index contributed by atoms with van der Waals surface area (Å²) in [6.07, 6.45) is 3.71. The molecule has 2 aromatic carbocycles. The minimum absolute atomic E-state index is 0.177. The van der Waals surface area contributed by atoms with Crippen LogP contribution < -0.4 is 5.32 Å². The summed E-state index contributed by atoms with van der Waals surface area (Å²) in [5, 5.41) is 3.83. The van der Waals surface area contributed by atoms with Gasteiger partial charge in [-0.2, -0.15) is 0 Å². The average molecular weight is 450 g/mol. The molecular formula is C22H16BrN3OS. The monoisotopic (exact) mass is 449 g/mol. The molecule has 0 aliphatic heterocycles. The van der Waals surface area contributed by atoms with Crippen molar-refractivity contribution in [3.05, 3.63) is 83.0 Å². The predicted molar refractivity (Wildman–Crippen MR) is 119 cm³/mol. The molecule has 1 N–H and O–H groups in total. The Kier molecular flexibility index (Phi) is 5.41. The molecule has 0 saturated heterocycles. The van der Waals surface area contributed by atoms with Gasteiger partial charge in [-0.15, -0.1) is 11.8 Å². The van der Waals surface area contributed by atoms with Gasteiger partial charge in [-0.3, -0.25) is 9.78 Å². The van der Waals surface area contributed by atoms with E-state index in [-0.39, 0.29) is 5.91 Å². The van der Waals surface area contributed by atoms with Crippen molar-refractivity contribution in [3.8, 4) is 11.4 Å². The summed E-state index contributed by atoms with van der Waals surface area (Å²) >= 11 is 5.09. The second kappa shape index (κ2) is 8.12. The fourth-order valence-corrected chi connectivity index (χ4v) is 3.88. The highest BCUT2D eigenvalue weighted by Gasteiger charge is 2.16. The summed E-state index contributed by atoms with van der Waals surface area (Å²) < 4.78 is 0.894. The molecule has 4 aromatic rings. The van der Waals surface area contributed by atoms with E-state index in [1.807, 2.05) is 66.9 Å². The van der Waals surface area contributed by atoms with E-state index in [1.165, 1.54) is 0 Å². The predicted octanol–water partition coefficient (Wildman–Crippen LogP) is 6.03. The Morgan fingerprint density at radius 2 is 1.82 bits per heavy atom. The topological polar surface area (TPSA) is 54.9 Å². The van der Waals surface area contributed by atoms with E-state index >= 15 is 0 Å². The van der Waals surface area contributed by atoms with Crippen LogP contribution in [0, 0.1) is 0 Å². The number of carbonyl (C=O) groups is 1. The van der Waals surface area contributed by atoms with Crippen LogP contribution in [0.25, 0.3) is 22.3 Å². The van der Waals surface area contributed by atoms with Crippen LogP contribution in [-0.2, 0) is 0 Å². The lowest BCUT2D eigenvalue weighted by molar-refractivity contribution is 0.102. The summed E-state index contributed by atoms with van der Waals surface area (Å²) in [5.41, 5.74) is 3.49. The third-order valence-corrected chi connectivity index (χ3v) is 5.59. The SMILES string of the molecule is CSc1ccccc1NC(=O)c1cc(-c2ccccn2)nc2ccc(Br)cc12. The zero-order valence-electron chi connectivity index (χ0n) is 15.0. The highest BCUT2D eigenvalue weighted by atomic mass is 79.9. The highest BCUT2D eigenvalue weighted by Crippen LogP contribution is 2.29. The number of carbonyl (C=O) groups excluding carboxylic acids is 1. The maximum Gasteiger partial charge on any atom is 0.256 e. The molecule has 0 aliphatic rings. The number of para-hydroxylation sites is 1. The molecule has 1 amide bonds. The second-order valence-electron chi connectivity index (χ2n) is 6.09. The lowest BCUT2D eigenvalue weighted by Crippen LogP contribution is -2.13. The number of hydrogen-bond acceptors (Lipinski definition) is 4. The normalized spacial score (nSPS) is 10.8. The van der Waals surface area contributed by atoms with Gasteiger partial charge in [-0.1, -0.05) is 34.1 Å². The van der Waals surface area contributed by atoms with Crippen molar-refractivity contribution in [2.75, 3.05) is 11.6 Å². The van der Waals surface area contributed by atoms with E-state index in [0.717, 1.165) is 31.7 Å². The lowest BCUT2D eigenvalue weighted by atomic mass is 10.1. The van der Waals surface area contributed by atoms with E-state index in [4.69, 9.17) is 4.98 Å². The van der Waals surface area contributed by atoms with Crippen molar-refractivity contribution in [2.24, 2.45) is 0 Å². The number of benzene rings is 2. The summed E-state index contributed by atoms with van der Waals surface area (Å²) in [4.78, 5) is 23.3. The minimum Gasteiger partial charge on any atom is -0.321 e. The number of amides is 1. The van der Waals surface area contributed by atoms with E-state index < -0.39 is 0 Å². The smallest absolute Gasteiger partial charge is 0.256 e. The second-order valence-corrected chi connectivity index (χ2v) is 7.85. The van der Waals surface area contributed by atoms with Gasteiger partial charge in [-0.05, 0) is 54.8 Å². The van der Waals surface area contributed by atoms with Crippen LogP contribution in [0.1, 0.15) is 10.4 Å². The van der Waals surface area contributed by atoms with Crippen molar-refractivity contribution in [1.82, 2.24) is 9.97 Å². The van der Waals surface area contributed by atoms with E-state index in [1.54, 1.807) is 24.0 Å². The molecule has 0 fully saturated rings. The largest absolute Gasteiger partial charge is 0.321 e. The molecule has 28 heavy (non-hydrogen) atoms. The molecule has 0 aliphatic carbocycles. The summed E-state index contributed by atoms with van der Waals surface area (Å²) in [6, 6.07) is 20.9. The van der Waals surface area contributed by atoms with Crippen molar-refractivity contribution in [1.29, 1.82) is 0 Å². The Hall–Kier alpha value is -2.70. The molecule has 4 rings (SSSR count). The Morgan fingerprint density at radius 3 is 2.61 bits per heavy atom. The number of fused-ring (bicyclic) bond motifs is 1. The first-order valence-corrected chi connectivity index (χ1v) is 10.6. The van der Waals surface area contributed by atoms with Crippen LogP contribution in [-0.4, -0.2) is 22.1 Å². The zero-order valence-corrected chi connectivity index (χ0v) is 17.4. The Balaban J connectivity index is 1.84. The Bertz CT molecular complexity index is 1170. The highest BCUT2D eigenvalue weighted by molar-refractivity contribution is 9.10. The molecule has 6 heteroatoms. The van der Waals surface area contributed by atoms with Gasteiger partial charge in [0, 0.05) is 21.0 Å². The molecule has 0 unspecified atom stereocenters. The number of halogens is 1. The van der Waals surface area contributed by atoms with E-state index in [2.05, 4.69) is 26.2 Å². The third-order valence-electron chi connectivity index (χ3n) is 4.30. The number of nitrogens with one attached hydrogen (secondary N) is 1. The Labute approximate surface area is 175 Å². The van der Waals surface area contributed by atoms with E-state index in [0.29, 0.717) is 11.3 Å². The molecule has 138 valence electrons. The number of aromatic nitrogens is 2. The van der Waals surface area contributed by atoms with Crippen LogP contribution in [0.4, 0.5) is 5.69 Å². The fraction of sp³-hybridized carbons (Fsp3) is 0.0455. The summed E-state index contributed by atoms with van der Waals surface area (Å²) in [6.45, 7) is 0. The van der Waals surface area contributed by atoms with Crippen LogP contribution in [0.2, 0.25) is 0 Å². The van der Waals surface area contributed by atoms with Crippen LogP contribution >= 0.6 is 27.7 Å². The van der Waals surface area contributed by atoms with Gasteiger partial charge >= 0.3 is 0 Å². The first-order valence-electron chi connectivity index (χ1n) is 8.62. The van der Waals surface area contributed by atoms with E-state index in [9.17, 15) is 4.79 Å². The van der Waals surface area contributed by atoms with Crippen molar-refractivity contribution < 1.29 is 4.79 Å². The number of thioether (sulfide) groups is 1. The molecule has 2 heterocycles. The molecule has 2 aromatic heterocycles. The summed E-state index contributed by atoms with van der Waals surface area (Å²) in [7, 11) is 0. The number of anilines is 1. The molecule has 4 nitrogen and oxygen atoms in total. The number of nitrogens with zero attached hydrogens (tertiary/aromatic N) is 2. The van der Waals surface area contributed by atoms with Crippen LogP contribution in [0.5, 0.6) is 0 Å². The van der Waals surface area contributed by atoms with Gasteiger partial charge < -0.3 is 5.32 Å². The molecule has 0 spiro atoms. The first kappa shape index (κ1) is 18.7. The standard InChI is InChI=1S/C22H16BrN3OS/c1-28-21-8-3-2-7-19(21)26-22(27)16-13-20(18-6-4-5-11-24-18)25-17-10-9-14(23)12-15(16)17/h2-13H,1H3,(H,26,27). The van der Waals surface area contributed by atoms with Gasteiger partial charge in [-0.25, -0.2) is 4.98 Å². The summed E-state index contributed by atoms with van der Waals surface area (Å²) in [5.74, 6) is -0.177. The molecule has 0 radical (unpaired) electrons. The van der Waals surface area contributed by atoms with Gasteiger partial charge in [0.15, 0.2) is 0 Å². The van der Waals surface area contributed by atoms with Gasteiger partial charge in [0.05, 0.1) is 28.2 Å². The number of hydrogen-bond donors (Lipinski definition) is 1. The van der Waals surface area contributed by atoms with Crippen LogP contribution in [0.15, 0.2) is 82.3 Å². The van der Waals surface area contributed by atoms with Crippen molar-refractivity contribution in [3.63, 3.8) is 0 Å². The number of pyridine rings is 2. The first-order chi connectivity index (χ1) is 13.7. The van der Waals surface area contributed by atoms with Crippen molar-refractivity contribution in [2.45, 2.75) is 4.90 Å². The maximum atomic E-state index is 13.2. The maximum absolute atomic E-state index is 13.2. The minimum atomic E-state index is -0.177. The molecule has 0 atom stereocenters. The van der Waals surface area contributed by atoms with Gasteiger partial charge in [0.2, 0.25) is 0 Å². The lowest BCUT2D eigenvalue weighted by Gasteiger charge is -2.12. The fourth-order valence-electron chi connectivity index (χ4n) is 2.97. The molecule has 0 saturated carbocycles. The quantitative estimate of drug-likeness (QED) is 0.386. The van der Waals surface area contributed by atoms with Crippen LogP contribution in [0.3, 0.4) is 0 Å².